The number of nitrogens with one attached hydrogen (secondary N) is 1. The summed E-state index contributed by atoms with van der Waals surface area (Å²) in [5, 5.41) is 7.74. The van der Waals surface area contributed by atoms with E-state index in [1.165, 1.54) is 0 Å². The van der Waals surface area contributed by atoms with Crippen molar-refractivity contribution in [3.05, 3.63) is 55.5 Å². The summed E-state index contributed by atoms with van der Waals surface area (Å²) in [6, 6.07) is -0.140. The van der Waals surface area contributed by atoms with Gasteiger partial charge in [-0.25, -0.2) is 5.84 Å². The van der Waals surface area contributed by atoms with E-state index in [1.807, 2.05) is 24.3 Å². The van der Waals surface area contributed by atoms with Crippen molar-refractivity contribution in [1.29, 1.82) is 0 Å². The van der Waals surface area contributed by atoms with Gasteiger partial charge in [-0.05, 0) is 38.5 Å². The summed E-state index contributed by atoms with van der Waals surface area (Å²) >= 11 is 0. The van der Waals surface area contributed by atoms with Crippen molar-refractivity contribution >= 4 is 0 Å². The van der Waals surface area contributed by atoms with Crippen LogP contribution in [0.1, 0.15) is 38.5 Å². The van der Waals surface area contributed by atoms with Crippen LogP contribution in [0.15, 0.2) is 55.9 Å². The third kappa shape index (κ3) is 4.15. The standard InChI is InChI=1S/C17H28N4O/c1-5-9-16(10-6-2)13-15(21(18)20-22)14-17(19-16,11-7-3)12-8-4/h5-8,15,19H,1-4,9-14,18H2. The van der Waals surface area contributed by atoms with E-state index in [0.29, 0.717) is 12.8 Å². The summed E-state index contributed by atoms with van der Waals surface area (Å²) in [5.41, 5.74) is -0.471. The third-order valence-corrected chi connectivity index (χ3v) is 4.39. The number of piperidine rings is 1. The van der Waals surface area contributed by atoms with Gasteiger partial charge in [0, 0.05) is 11.1 Å². The van der Waals surface area contributed by atoms with E-state index in [9.17, 15) is 4.91 Å². The molecule has 1 aliphatic heterocycles. The topological polar surface area (TPSA) is 70.7 Å². The summed E-state index contributed by atoms with van der Waals surface area (Å²) < 4.78 is 0. The Labute approximate surface area is 133 Å². The van der Waals surface area contributed by atoms with Gasteiger partial charge in [0.05, 0.1) is 11.3 Å². The van der Waals surface area contributed by atoms with Gasteiger partial charge in [-0.1, -0.05) is 24.3 Å². The summed E-state index contributed by atoms with van der Waals surface area (Å²) in [6.45, 7) is 15.5. The smallest absolute Gasteiger partial charge is 0.0708 e. The average molecular weight is 304 g/mol. The highest BCUT2D eigenvalue weighted by Gasteiger charge is 2.47. The molecule has 5 nitrogen and oxygen atoms in total. The largest absolute Gasteiger partial charge is 0.304 e. The van der Waals surface area contributed by atoms with Gasteiger partial charge in [-0.3, -0.25) is 0 Å². The molecule has 1 heterocycles. The molecule has 0 unspecified atom stereocenters. The maximum absolute atomic E-state index is 10.9. The molecule has 0 radical (unpaired) electrons. The van der Waals surface area contributed by atoms with E-state index in [2.05, 4.69) is 36.9 Å². The van der Waals surface area contributed by atoms with E-state index in [-0.39, 0.29) is 17.1 Å². The van der Waals surface area contributed by atoms with Crippen molar-refractivity contribution in [3.8, 4) is 0 Å². The van der Waals surface area contributed by atoms with Crippen molar-refractivity contribution in [2.24, 2.45) is 11.1 Å². The lowest BCUT2D eigenvalue weighted by Gasteiger charge is -2.52. The second kappa shape index (κ2) is 8.06. The Morgan fingerprint density at radius 1 is 1.00 bits per heavy atom. The van der Waals surface area contributed by atoms with Gasteiger partial charge in [0.15, 0.2) is 0 Å². The fraction of sp³-hybridized carbons (Fsp3) is 0.529. The quantitative estimate of drug-likeness (QED) is 0.281. The van der Waals surface area contributed by atoms with E-state index in [4.69, 9.17) is 5.84 Å². The molecule has 0 amide bonds. The first-order chi connectivity index (χ1) is 10.5. The van der Waals surface area contributed by atoms with Gasteiger partial charge in [0.25, 0.3) is 0 Å². The van der Waals surface area contributed by atoms with Crippen LogP contribution < -0.4 is 11.2 Å². The van der Waals surface area contributed by atoms with Gasteiger partial charge in [-0.15, -0.1) is 31.2 Å². The lowest BCUT2D eigenvalue weighted by molar-refractivity contribution is 0.0403. The van der Waals surface area contributed by atoms with E-state index in [0.717, 1.165) is 30.8 Å². The number of hydrazine groups is 1. The van der Waals surface area contributed by atoms with Crippen LogP contribution in [-0.2, 0) is 0 Å². The fourth-order valence-corrected chi connectivity index (χ4v) is 3.70. The lowest BCUT2D eigenvalue weighted by atomic mass is 9.70. The molecule has 0 saturated carbocycles. The van der Waals surface area contributed by atoms with Crippen molar-refractivity contribution < 1.29 is 0 Å². The Bertz CT molecular complexity index is 380. The second-order valence-electron chi connectivity index (χ2n) is 6.18. The molecule has 0 spiro atoms. The van der Waals surface area contributed by atoms with Crippen LogP contribution in [0.25, 0.3) is 0 Å². The van der Waals surface area contributed by atoms with Crippen molar-refractivity contribution in [1.82, 2.24) is 10.4 Å². The summed E-state index contributed by atoms with van der Waals surface area (Å²) in [5.74, 6) is 5.80. The molecule has 0 aliphatic carbocycles. The molecule has 1 saturated heterocycles. The molecule has 22 heavy (non-hydrogen) atoms. The average Bonchev–Trinajstić information content (AvgIpc) is 2.47. The van der Waals surface area contributed by atoms with Gasteiger partial charge >= 0.3 is 0 Å². The molecule has 1 aliphatic rings. The highest BCUT2D eigenvalue weighted by atomic mass is 16.3. The van der Waals surface area contributed by atoms with Crippen LogP contribution in [-0.4, -0.2) is 22.2 Å². The summed E-state index contributed by atoms with van der Waals surface area (Å²) in [4.78, 5) is 10.9. The van der Waals surface area contributed by atoms with Crippen molar-refractivity contribution in [2.45, 2.75) is 55.6 Å². The van der Waals surface area contributed by atoms with Crippen LogP contribution in [0, 0.1) is 4.91 Å². The van der Waals surface area contributed by atoms with Crippen LogP contribution in [0.4, 0.5) is 0 Å². The normalized spacial score (nSPS) is 19.9. The molecule has 122 valence electrons. The molecule has 0 atom stereocenters. The highest BCUT2D eigenvalue weighted by Crippen LogP contribution is 2.39. The van der Waals surface area contributed by atoms with Gasteiger partial charge in [0.1, 0.15) is 0 Å². The summed E-state index contributed by atoms with van der Waals surface area (Å²) in [7, 11) is 0. The highest BCUT2D eigenvalue weighted by molar-refractivity contribution is 5.13. The predicted octanol–water partition coefficient (Wildman–Crippen LogP) is 3.38. The molecule has 1 rings (SSSR count). The molecule has 0 aromatic heterocycles. The lowest BCUT2D eigenvalue weighted by Crippen LogP contribution is -2.66. The van der Waals surface area contributed by atoms with Crippen molar-refractivity contribution in [2.75, 3.05) is 0 Å². The summed E-state index contributed by atoms with van der Waals surface area (Å²) in [6.07, 6.45) is 12.0. The first-order valence-corrected chi connectivity index (χ1v) is 7.60. The Morgan fingerprint density at radius 2 is 1.36 bits per heavy atom. The van der Waals surface area contributed by atoms with Crippen molar-refractivity contribution in [3.63, 3.8) is 0 Å². The number of hydrogen-bond donors (Lipinski definition) is 2. The van der Waals surface area contributed by atoms with Crippen LogP contribution in [0.2, 0.25) is 0 Å². The minimum atomic E-state index is -0.235. The monoisotopic (exact) mass is 304 g/mol. The zero-order valence-corrected chi connectivity index (χ0v) is 13.3. The number of nitrogens with zero attached hydrogens (tertiary/aromatic N) is 2. The number of hydrogen-bond acceptors (Lipinski definition) is 4. The first-order valence-electron chi connectivity index (χ1n) is 7.60. The second-order valence-corrected chi connectivity index (χ2v) is 6.18. The van der Waals surface area contributed by atoms with Crippen LogP contribution >= 0.6 is 0 Å². The SMILES string of the molecule is C=CCC1(CC=C)CC(N(N)N=O)CC(CC=C)(CC=C)N1. The maximum Gasteiger partial charge on any atom is 0.0708 e. The Hall–Kier alpha value is -1.72. The third-order valence-electron chi connectivity index (χ3n) is 4.39. The Morgan fingerprint density at radius 3 is 1.64 bits per heavy atom. The minimum Gasteiger partial charge on any atom is -0.304 e. The molecular formula is C17H28N4O. The number of nitroso groups, excluding NO2 is 1. The molecule has 5 heteroatoms. The molecule has 1 fully saturated rings. The minimum absolute atomic E-state index is 0.140. The molecule has 0 aromatic rings. The van der Waals surface area contributed by atoms with Crippen LogP contribution in [0.5, 0.6) is 0 Å². The molecular weight excluding hydrogens is 276 g/mol. The Balaban J connectivity index is 3.23. The maximum atomic E-state index is 10.9. The fourth-order valence-electron chi connectivity index (χ4n) is 3.70. The molecule has 3 N–H and O–H groups in total. The zero-order chi connectivity index (χ0) is 16.6. The van der Waals surface area contributed by atoms with Crippen LogP contribution in [0.3, 0.4) is 0 Å². The first kappa shape index (κ1) is 18.3. The zero-order valence-electron chi connectivity index (χ0n) is 13.3. The van der Waals surface area contributed by atoms with E-state index < -0.39 is 0 Å². The Kier molecular flexibility index (Phi) is 6.71. The van der Waals surface area contributed by atoms with Gasteiger partial charge in [-0.2, -0.15) is 5.12 Å². The number of nitrogens with two attached hydrogens (primary N) is 1. The van der Waals surface area contributed by atoms with Gasteiger partial charge < -0.3 is 5.32 Å². The molecule has 0 bridgehead atoms. The number of rotatable bonds is 10. The van der Waals surface area contributed by atoms with E-state index in [1.54, 1.807) is 0 Å². The van der Waals surface area contributed by atoms with E-state index >= 15 is 0 Å². The molecule has 0 aromatic carbocycles. The van der Waals surface area contributed by atoms with Gasteiger partial charge in [0.2, 0.25) is 0 Å². The predicted molar refractivity (Wildman–Crippen MR) is 92.7 cm³/mol.